The Morgan fingerprint density at radius 2 is 0.862 bits per heavy atom. The Balaban J connectivity index is 4.24. The van der Waals surface area contributed by atoms with E-state index in [4.69, 9.17) is 14.2 Å². The molecule has 0 aliphatic heterocycles. The van der Waals surface area contributed by atoms with Crippen LogP contribution in [-0.2, 0) is 28.6 Å². The molecule has 8 nitrogen and oxygen atoms in total. The third kappa shape index (κ3) is 46.0. The molecular weight excluding hydrogens is 811 g/mol. The molecule has 0 bridgehead atoms. The number of carboxylic acid groups (broad SMARTS) is 1. The van der Waals surface area contributed by atoms with Crippen molar-refractivity contribution in [2.45, 2.75) is 244 Å². The number of ether oxygens (including phenoxy) is 3. The molecule has 8 heteroatoms. The second-order valence-corrected chi connectivity index (χ2v) is 19.2. The number of aliphatic carboxylic acids is 1. The van der Waals surface area contributed by atoms with Crippen molar-refractivity contribution in [3.63, 3.8) is 0 Å². The van der Waals surface area contributed by atoms with Crippen LogP contribution in [0.4, 0.5) is 0 Å². The minimum Gasteiger partial charge on any atom is -0.477 e. The Morgan fingerprint density at radius 3 is 1.29 bits per heavy atom. The van der Waals surface area contributed by atoms with Gasteiger partial charge in [-0.2, -0.15) is 0 Å². The predicted octanol–water partition coefficient (Wildman–Crippen LogP) is 15.7. The number of carbonyl (C=O) groups is 3. The standard InChI is InChI=1S/C57H101NO7/c1-6-8-10-12-14-16-18-20-22-24-26-27-28-30-32-34-36-38-40-42-44-46-48-56(60)65-53(51-63-50-49-54(57(61)62)58(3,4)5)52-64-55(59)47-45-43-41-39-37-35-33-31-29-25-23-21-19-17-15-13-11-9-7-2/h14-17,19-22,26-27,53-54H,6-13,18,23-25,28-52H2,1-5H3/p+1/b16-14+,17-15+,21-19+,22-20+,27-26+. The average molecular weight is 913 g/mol. The average Bonchev–Trinajstić information content (AvgIpc) is 3.27. The van der Waals surface area contributed by atoms with E-state index in [0.29, 0.717) is 19.3 Å². The lowest BCUT2D eigenvalue weighted by atomic mass is 10.1. The Bertz CT molecular complexity index is 1250. The summed E-state index contributed by atoms with van der Waals surface area (Å²) in [6.07, 6.45) is 59.8. The zero-order chi connectivity index (χ0) is 47.7. The molecule has 0 aromatic carbocycles. The van der Waals surface area contributed by atoms with Gasteiger partial charge in [0.2, 0.25) is 0 Å². The number of esters is 2. The first-order valence-corrected chi connectivity index (χ1v) is 26.8. The molecule has 0 saturated carbocycles. The summed E-state index contributed by atoms with van der Waals surface area (Å²) in [6, 6.07) is -0.619. The predicted molar refractivity (Wildman–Crippen MR) is 275 cm³/mol. The van der Waals surface area contributed by atoms with Crippen molar-refractivity contribution >= 4 is 17.9 Å². The zero-order valence-corrected chi connectivity index (χ0v) is 42.9. The van der Waals surface area contributed by atoms with Gasteiger partial charge in [-0.25, -0.2) is 4.79 Å². The quantitative estimate of drug-likeness (QED) is 0.0213. The van der Waals surface area contributed by atoms with E-state index in [1.165, 1.54) is 141 Å². The number of carboxylic acids is 1. The van der Waals surface area contributed by atoms with Crippen LogP contribution in [0.15, 0.2) is 60.8 Å². The van der Waals surface area contributed by atoms with Crippen molar-refractivity contribution in [2.24, 2.45) is 0 Å². The van der Waals surface area contributed by atoms with Crippen molar-refractivity contribution in [1.29, 1.82) is 0 Å². The van der Waals surface area contributed by atoms with Gasteiger partial charge in [0, 0.05) is 19.3 Å². The van der Waals surface area contributed by atoms with Crippen LogP contribution in [0, 0.1) is 0 Å². The topological polar surface area (TPSA) is 99.1 Å². The SMILES string of the molecule is CCCCC/C=C/C=C/CCCCCCCCCCCCC(=O)OCC(COCCC(C(=O)O)[N+](C)(C)C)OC(=O)CCCCCCCCCCC/C=C/C/C=C/C/C=C/CCCCC. The summed E-state index contributed by atoms with van der Waals surface area (Å²) in [5, 5.41) is 9.66. The van der Waals surface area contributed by atoms with Gasteiger partial charge in [0.1, 0.15) is 6.61 Å². The maximum Gasteiger partial charge on any atom is 0.362 e. The summed E-state index contributed by atoms with van der Waals surface area (Å²) >= 11 is 0. The molecule has 0 aromatic rings. The highest BCUT2D eigenvalue weighted by atomic mass is 16.6. The number of hydrogen-bond acceptors (Lipinski definition) is 6. The molecule has 0 radical (unpaired) electrons. The molecule has 0 spiro atoms. The Hall–Kier alpha value is -2.97. The highest BCUT2D eigenvalue weighted by Gasteiger charge is 2.31. The Labute approximate surface area is 400 Å². The molecule has 65 heavy (non-hydrogen) atoms. The van der Waals surface area contributed by atoms with Gasteiger partial charge in [0.15, 0.2) is 12.1 Å². The number of likely N-dealkylation sites (N-methyl/N-ethyl adjacent to an activating group) is 1. The van der Waals surface area contributed by atoms with Gasteiger partial charge < -0.3 is 23.8 Å². The number of allylic oxidation sites excluding steroid dienone is 10. The number of carbonyl (C=O) groups excluding carboxylic acids is 2. The third-order valence-corrected chi connectivity index (χ3v) is 11.9. The summed E-state index contributed by atoms with van der Waals surface area (Å²) in [5.74, 6) is -1.47. The molecule has 0 rings (SSSR count). The van der Waals surface area contributed by atoms with E-state index in [0.717, 1.165) is 57.8 Å². The van der Waals surface area contributed by atoms with Crippen LogP contribution in [0.3, 0.4) is 0 Å². The van der Waals surface area contributed by atoms with E-state index in [-0.39, 0.29) is 36.2 Å². The fraction of sp³-hybridized carbons (Fsp3) is 0.772. The first kappa shape index (κ1) is 62.0. The fourth-order valence-electron chi connectivity index (χ4n) is 7.74. The zero-order valence-electron chi connectivity index (χ0n) is 42.9. The van der Waals surface area contributed by atoms with Gasteiger partial charge in [-0.05, 0) is 77.0 Å². The minimum atomic E-state index is -0.876. The monoisotopic (exact) mass is 913 g/mol. The molecule has 2 atom stereocenters. The number of nitrogens with zero attached hydrogens (tertiary/aromatic N) is 1. The molecule has 0 fully saturated rings. The summed E-state index contributed by atoms with van der Waals surface area (Å²) in [4.78, 5) is 37.2. The second kappa shape index (κ2) is 47.5. The van der Waals surface area contributed by atoms with E-state index >= 15 is 0 Å². The highest BCUT2D eigenvalue weighted by molar-refractivity contribution is 5.72. The lowest BCUT2D eigenvalue weighted by molar-refractivity contribution is -0.887. The smallest absolute Gasteiger partial charge is 0.362 e. The molecule has 0 aliphatic rings. The number of quaternary nitrogens is 1. The molecular formula is C57H102NO7+. The van der Waals surface area contributed by atoms with Crippen LogP contribution in [0.1, 0.15) is 232 Å². The summed E-state index contributed by atoms with van der Waals surface area (Å²) in [6.45, 7) is 4.69. The lowest BCUT2D eigenvalue weighted by Crippen LogP contribution is -2.50. The van der Waals surface area contributed by atoms with E-state index < -0.39 is 18.1 Å². The third-order valence-electron chi connectivity index (χ3n) is 11.9. The summed E-state index contributed by atoms with van der Waals surface area (Å²) in [7, 11) is 5.54. The molecule has 0 aliphatic carbocycles. The van der Waals surface area contributed by atoms with Crippen LogP contribution in [-0.4, -0.2) is 80.6 Å². The molecule has 0 amide bonds. The van der Waals surface area contributed by atoms with Crippen molar-refractivity contribution < 1.29 is 38.2 Å². The Morgan fingerprint density at radius 1 is 0.477 bits per heavy atom. The first-order chi connectivity index (χ1) is 31.6. The largest absolute Gasteiger partial charge is 0.477 e. The number of rotatable bonds is 48. The molecule has 2 unspecified atom stereocenters. The highest BCUT2D eigenvalue weighted by Crippen LogP contribution is 2.15. The van der Waals surface area contributed by atoms with Crippen LogP contribution < -0.4 is 0 Å². The van der Waals surface area contributed by atoms with Gasteiger partial charge >= 0.3 is 17.9 Å². The molecule has 1 N–H and O–H groups in total. The molecule has 376 valence electrons. The molecule has 0 aromatic heterocycles. The van der Waals surface area contributed by atoms with E-state index in [1.54, 1.807) is 0 Å². The van der Waals surface area contributed by atoms with Gasteiger partial charge in [-0.15, -0.1) is 0 Å². The van der Waals surface area contributed by atoms with E-state index in [1.807, 2.05) is 21.1 Å². The molecule has 0 heterocycles. The lowest BCUT2D eigenvalue weighted by Gasteiger charge is -2.31. The summed E-state index contributed by atoms with van der Waals surface area (Å²) < 4.78 is 17.4. The minimum absolute atomic E-state index is 0.0558. The van der Waals surface area contributed by atoms with Crippen molar-refractivity contribution in [1.82, 2.24) is 0 Å². The number of unbranched alkanes of at least 4 members (excludes halogenated alkanes) is 25. The maximum atomic E-state index is 12.8. The van der Waals surface area contributed by atoms with E-state index in [9.17, 15) is 19.5 Å². The molecule has 0 saturated heterocycles. The fourth-order valence-corrected chi connectivity index (χ4v) is 7.74. The van der Waals surface area contributed by atoms with Gasteiger partial charge in [-0.1, -0.05) is 197 Å². The van der Waals surface area contributed by atoms with Crippen LogP contribution in [0.25, 0.3) is 0 Å². The van der Waals surface area contributed by atoms with Crippen molar-refractivity contribution in [3.8, 4) is 0 Å². The van der Waals surface area contributed by atoms with Crippen LogP contribution >= 0.6 is 0 Å². The number of hydrogen-bond donors (Lipinski definition) is 1. The van der Waals surface area contributed by atoms with Gasteiger partial charge in [0.05, 0.1) is 34.4 Å². The van der Waals surface area contributed by atoms with Crippen LogP contribution in [0.2, 0.25) is 0 Å². The van der Waals surface area contributed by atoms with Crippen molar-refractivity contribution in [3.05, 3.63) is 60.8 Å². The Kier molecular flexibility index (Phi) is 45.3. The maximum absolute atomic E-state index is 12.8. The van der Waals surface area contributed by atoms with Gasteiger partial charge in [-0.3, -0.25) is 9.59 Å². The first-order valence-electron chi connectivity index (χ1n) is 26.8. The normalized spacial score (nSPS) is 13.3. The van der Waals surface area contributed by atoms with E-state index in [2.05, 4.69) is 74.6 Å². The van der Waals surface area contributed by atoms with Crippen LogP contribution in [0.5, 0.6) is 0 Å². The van der Waals surface area contributed by atoms with Crippen molar-refractivity contribution in [2.75, 3.05) is 41.0 Å². The second-order valence-electron chi connectivity index (χ2n) is 19.2. The summed E-state index contributed by atoms with van der Waals surface area (Å²) in [5.41, 5.74) is 0. The van der Waals surface area contributed by atoms with Gasteiger partial charge in [0.25, 0.3) is 0 Å².